The van der Waals surface area contributed by atoms with Crippen LogP contribution in [0.1, 0.15) is 45.0 Å². The molecule has 438 valence electrons. The summed E-state index contributed by atoms with van der Waals surface area (Å²) in [6.07, 6.45) is 17.0. The van der Waals surface area contributed by atoms with Crippen LogP contribution in [-0.4, -0.2) is 54.0 Å². The monoisotopic (exact) mass is 1180 g/mol. The van der Waals surface area contributed by atoms with Gasteiger partial charge in [0.15, 0.2) is 0 Å². The van der Waals surface area contributed by atoms with E-state index >= 15 is 0 Å². The van der Waals surface area contributed by atoms with Gasteiger partial charge in [-0.25, -0.2) is 22.0 Å². The molecule has 0 saturated heterocycles. The summed E-state index contributed by atoms with van der Waals surface area (Å²) in [6, 6.07) is 32.7. The third-order valence-electron chi connectivity index (χ3n) is 13.3. The number of anilines is 2. The maximum atomic E-state index is 13.7. The van der Waals surface area contributed by atoms with Crippen LogP contribution in [0.3, 0.4) is 0 Å². The molecule has 0 amide bonds. The van der Waals surface area contributed by atoms with Crippen LogP contribution < -0.4 is 11.5 Å². The highest BCUT2D eigenvalue weighted by Crippen LogP contribution is 2.31. The Labute approximate surface area is 489 Å². The van der Waals surface area contributed by atoms with Gasteiger partial charge in [0.2, 0.25) is 11.6 Å². The van der Waals surface area contributed by atoms with Crippen LogP contribution >= 0.6 is 0 Å². The molecule has 0 aliphatic heterocycles. The number of nitro benzene ring substituents is 2. The summed E-state index contributed by atoms with van der Waals surface area (Å²) in [4.78, 5) is 24.2. The zero-order chi connectivity index (χ0) is 62.2. The molecule has 7 aromatic carbocycles. The lowest BCUT2D eigenvalue weighted by atomic mass is 10.1. The smallest absolute Gasteiger partial charge is 0.305 e. The summed E-state index contributed by atoms with van der Waals surface area (Å²) in [5.74, 6) is -3.69. The molecule has 0 atom stereocenters. The Hall–Kier alpha value is -11.6. The molecule has 0 fully saturated rings. The van der Waals surface area contributed by atoms with Crippen molar-refractivity contribution >= 4 is 115 Å². The molecule has 0 bridgehead atoms. The van der Waals surface area contributed by atoms with Gasteiger partial charge in [0.25, 0.3) is 0 Å². The first kappa shape index (κ1) is 60.0. The highest BCUT2D eigenvalue weighted by molar-refractivity contribution is 5.95. The minimum atomic E-state index is -0.911. The topological polar surface area (TPSA) is 222 Å². The van der Waals surface area contributed by atoms with E-state index in [0.29, 0.717) is 66.7 Å². The molecule has 5 aromatic heterocycles. The number of nitro groups is 2. The van der Waals surface area contributed by atoms with Crippen molar-refractivity contribution in [1.29, 1.82) is 0 Å². The summed E-state index contributed by atoms with van der Waals surface area (Å²) in [6.45, 7) is 0. The van der Waals surface area contributed by atoms with Gasteiger partial charge in [0, 0.05) is 104 Å². The molecule has 12 aromatic rings. The van der Waals surface area contributed by atoms with Crippen LogP contribution in [0.25, 0.3) is 92.2 Å². The molecular weight excluding hydrogens is 1140 g/mol. The van der Waals surface area contributed by atoms with Crippen molar-refractivity contribution < 1.29 is 40.6 Å². The van der Waals surface area contributed by atoms with Crippen molar-refractivity contribution in [3.05, 3.63) is 252 Å². The van der Waals surface area contributed by atoms with Gasteiger partial charge in [-0.1, -0.05) is 66.8 Å². The first-order chi connectivity index (χ1) is 41.6. The Bertz CT molecular complexity index is 4720. The summed E-state index contributed by atoms with van der Waals surface area (Å²) in [7, 11) is 6.73. The fraction of sp³-hybridized carbons (Fsp3) is 0.0635. The zero-order valence-electron chi connectivity index (χ0n) is 46.3. The Balaban J connectivity index is 0.000000138. The van der Waals surface area contributed by atoms with E-state index < -0.39 is 44.5 Å². The predicted molar refractivity (Wildman–Crippen MR) is 324 cm³/mol. The molecule has 17 nitrogen and oxygen atoms in total. The number of hydrogen-bond acceptors (Lipinski definition) is 11. The summed E-state index contributed by atoms with van der Waals surface area (Å²) < 4.78 is 100. The van der Waals surface area contributed by atoms with E-state index in [2.05, 4.69) is 25.4 Å². The van der Waals surface area contributed by atoms with E-state index in [1.807, 2.05) is 6.07 Å². The average molecular weight is 1180 g/mol. The molecule has 0 radical (unpaired) electrons. The van der Waals surface area contributed by atoms with Crippen LogP contribution in [0.5, 0.6) is 0 Å². The summed E-state index contributed by atoms with van der Waals surface area (Å²) >= 11 is 0. The Morgan fingerprint density at radius 2 is 0.770 bits per heavy atom. The molecule has 12 rings (SSSR count). The molecular formula is C63H48F7N13O4. The Morgan fingerprint density at radius 1 is 0.402 bits per heavy atom. The van der Waals surface area contributed by atoms with Gasteiger partial charge in [-0.2, -0.15) is 29.2 Å². The summed E-state index contributed by atoms with van der Waals surface area (Å²) in [5, 5.41) is 41.3. The molecule has 0 unspecified atom stereocenters. The van der Waals surface area contributed by atoms with Gasteiger partial charge in [0.05, 0.1) is 66.1 Å². The van der Waals surface area contributed by atoms with Crippen LogP contribution in [0.15, 0.2) is 146 Å². The fourth-order valence-electron chi connectivity index (χ4n) is 9.00. The quantitative estimate of drug-likeness (QED) is 0.0567. The lowest BCUT2D eigenvalue weighted by Gasteiger charge is -1.98. The number of pyridine rings is 1. The van der Waals surface area contributed by atoms with Crippen LogP contribution in [0, 0.1) is 60.9 Å². The van der Waals surface area contributed by atoms with Gasteiger partial charge < -0.3 is 11.5 Å². The SMILES string of the molecule is Cn1nc(/C=C/c2cccc(F)c2)c2cc(N)c(F)cc21.Cn1nc(/C=C/c2cccc(F)c2)c2cc([N+](=O)[O-])c(F)cc21.Cn1nc(/C=C/c2ccccc2F)c2cc(N)c(F)cc21.Cn1nc(/C=C/c2cccnc2)c2cc([N+](=O)[O-])c(F)cc21. The van der Waals surface area contributed by atoms with Crippen molar-refractivity contribution in [2.75, 3.05) is 11.5 Å². The number of aromatic nitrogens is 9. The number of nitrogens with two attached hydrogens (primary N) is 2. The van der Waals surface area contributed by atoms with Crippen molar-refractivity contribution in [2.45, 2.75) is 0 Å². The highest BCUT2D eigenvalue weighted by atomic mass is 19.2. The van der Waals surface area contributed by atoms with E-state index in [1.165, 1.54) is 57.9 Å². The predicted octanol–water partition coefficient (Wildman–Crippen LogP) is 14.3. The third kappa shape index (κ3) is 13.9. The number of aryl methyl sites for hydroxylation is 4. The van der Waals surface area contributed by atoms with E-state index in [4.69, 9.17) is 11.5 Å². The maximum Gasteiger partial charge on any atom is 0.305 e. The molecule has 5 heterocycles. The number of halogens is 7. The number of hydrogen-bond donors (Lipinski definition) is 2. The van der Waals surface area contributed by atoms with Crippen molar-refractivity contribution in [3.63, 3.8) is 0 Å². The van der Waals surface area contributed by atoms with Gasteiger partial charge in [-0.15, -0.1) is 0 Å². The second-order valence-corrected chi connectivity index (χ2v) is 19.2. The lowest BCUT2D eigenvalue weighted by Crippen LogP contribution is -1.94. The van der Waals surface area contributed by atoms with Crippen LogP contribution in [0.4, 0.5) is 53.5 Å². The molecule has 0 aliphatic carbocycles. The van der Waals surface area contributed by atoms with Crippen molar-refractivity contribution in [1.82, 2.24) is 44.1 Å². The highest BCUT2D eigenvalue weighted by Gasteiger charge is 2.21. The number of rotatable bonds is 10. The maximum absolute atomic E-state index is 13.7. The summed E-state index contributed by atoms with van der Waals surface area (Å²) in [5.41, 5.74) is 17.3. The molecule has 0 saturated carbocycles. The average Bonchev–Trinajstić information content (AvgIpc) is 1.96. The zero-order valence-corrected chi connectivity index (χ0v) is 46.3. The normalized spacial score (nSPS) is 11.5. The van der Waals surface area contributed by atoms with Gasteiger partial charge >= 0.3 is 11.4 Å². The fourth-order valence-corrected chi connectivity index (χ4v) is 9.00. The van der Waals surface area contributed by atoms with E-state index in [-0.39, 0.29) is 28.8 Å². The van der Waals surface area contributed by atoms with Crippen LogP contribution in [0.2, 0.25) is 0 Å². The van der Waals surface area contributed by atoms with Gasteiger partial charge in [-0.3, -0.25) is 43.9 Å². The molecule has 0 aliphatic rings. The van der Waals surface area contributed by atoms with Crippen molar-refractivity contribution in [3.8, 4) is 0 Å². The van der Waals surface area contributed by atoms with Crippen molar-refractivity contribution in [2.24, 2.45) is 28.2 Å². The number of nitrogen functional groups attached to an aromatic ring is 2. The third-order valence-corrected chi connectivity index (χ3v) is 13.3. The standard InChI is InChI=1S/C16H11F2N3O2.2C16H13F2N3.C15H11FN4O2/c1-20-15-9-13(18)16(21(22)23)8-12(15)14(19-20)6-5-10-3-2-4-11(17)7-10;1-21-16-9-13(18)14(19)8-12(16)15(20-21)6-5-10-3-2-4-11(17)7-10;1-21-16-9-13(18)14(19)8-11(16)15(20-21)7-6-10-4-2-3-5-12(10)17;1-19-14-8-12(16)15(20(21)22)7-11(14)13(18-19)5-4-10-3-2-6-17-9-10/h2-9H,1H3;2*2-9H,19H2,1H3;2-9H,1H3/b2*6-5+;7-6+;5-4+. The number of fused-ring (bicyclic) bond motifs is 4. The van der Waals surface area contributed by atoms with Gasteiger partial charge in [-0.05, 0) is 95.6 Å². The Morgan fingerprint density at radius 3 is 1.15 bits per heavy atom. The first-order valence-electron chi connectivity index (χ1n) is 25.9. The number of nitrogens with zero attached hydrogens (tertiary/aromatic N) is 11. The van der Waals surface area contributed by atoms with E-state index in [1.54, 1.807) is 159 Å². The minimum absolute atomic E-state index is 0.0658. The largest absolute Gasteiger partial charge is 0.396 e. The minimum Gasteiger partial charge on any atom is -0.396 e. The Kier molecular flexibility index (Phi) is 17.9. The second kappa shape index (κ2) is 25.9. The number of benzene rings is 7. The van der Waals surface area contributed by atoms with Crippen LogP contribution in [-0.2, 0) is 28.2 Å². The van der Waals surface area contributed by atoms with E-state index in [9.17, 15) is 51.0 Å². The lowest BCUT2D eigenvalue weighted by molar-refractivity contribution is -0.387. The molecule has 0 spiro atoms. The van der Waals surface area contributed by atoms with Gasteiger partial charge in [0.1, 0.15) is 29.1 Å². The molecule has 4 N–H and O–H groups in total. The van der Waals surface area contributed by atoms with E-state index in [0.717, 1.165) is 40.1 Å². The second-order valence-electron chi connectivity index (χ2n) is 19.2. The first-order valence-corrected chi connectivity index (χ1v) is 25.9. The molecule has 24 heteroatoms. The molecule has 87 heavy (non-hydrogen) atoms.